The molecule has 6 rings (SSSR count). The number of fused-ring (bicyclic) bond motifs is 2. The van der Waals surface area contributed by atoms with Crippen LogP contribution in [0.4, 0.5) is 5.82 Å². The third-order valence-electron chi connectivity index (χ3n) is 6.19. The Hall–Kier alpha value is -5.43. The van der Waals surface area contributed by atoms with Gasteiger partial charge >= 0.3 is 0 Å². The van der Waals surface area contributed by atoms with Gasteiger partial charge in [-0.2, -0.15) is 5.10 Å². The zero-order valence-electron chi connectivity index (χ0n) is 20.7. The molecular weight excluding hydrogens is 478 g/mol. The Morgan fingerprint density at radius 1 is 1.08 bits per heavy atom. The summed E-state index contributed by atoms with van der Waals surface area (Å²) >= 11 is 0. The average Bonchev–Trinajstić information content (AvgIpc) is 3.66. The summed E-state index contributed by atoms with van der Waals surface area (Å²) in [6.45, 7) is 1.88. The number of anilines is 1. The summed E-state index contributed by atoms with van der Waals surface area (Å²) in [5.74, 6) is 6.85. The van der Waals surface area contributed by atoms with E-state index in [-0.39, 0.29) is 17.3 Å². The van der Waals surface area contributed by atoms with E-state index in [9.17, 15) is 4.79 Å². The smallest absolute Gasteiger partial charge is 0.259 e. The highest BCUT2D eigenvalue weighted by atomic mass is 16.1. The van der Waals surface area contributed by atoms with Crippen LogP contribution < -0.4 is 11.1 Å². The molecule has 0 aliphatic carbocycles. The van der Waals surface area contributed by atoms with Crippen LogP contribution >= 0.6 is 0 Å². The lowest BCUT2D eigenvalue weighted by Crippen LogP contribution is -2.30. The van der Waals surface area contributed by atoms with E-state index in [1.54, 1.807) is 27.7 Å². The Labute approximate surface area is 217 Å². The molecule has 1 amide bonds. The van der Waals surface area contributed by atoms with E-state index in [1.165, 1.54) is 6.33 Å². The van der Waals surface area contributed by atoms with Gasteiger partial charge in [-0.1, -0.05) is 36.1 Å². The minimum atomic E-state index is -0.483. The number of aryl methyl sites for hydroxylation is 1. The lowest BCUT2D eigenvalue weighted by molar-refractivity contribution is 0.0940. The Morgan fingerprint density at radius 3 is 2.71 bits per heavy atom. The number of imidazole rings is 2. The van der Waals surface area contributed by atoms with Crippen molar-refractivity contribution in [1.29, 1.82) is 0 Å². The first kappa shape index (κ1) is 23.0. The number of nitrogens with two attached hydrogens (primary N) is 1. The number of para-hydroxylation sites is 2. The average molecular weight is 502 g/mol. The van der Waals surface area contributed by atoms with Crippen LogP contribution in [-0.4, -0.2) is 39.6 Å². The van der Waals surface area contributed by atoms with E-state index in [4.69, 9.17) is 10.7 Å². The van der Waals surface area contributed by atoms with Gasteiger partial charge in [0.05, 0.1) is 34.4 Å². The van der Waals surface area contributed by atoms with Gasteiger partial charge in [-0.05, 0) is 31.2 Å². The SMILES string of the molecule is C[C@@H](NC(=O)c1c(N)ncn2ccnc12)c1nc2cccc(C#Cc3cnn(C)c3)c2n1-c1ccccc1. The maximum absolute atomic E-state index is 13.4. The normalized spacial score (nSPS) is 11.8. The van der Waals surface area contributed by atoms with Crippen molar-refractivity contribution in [2.45, 2.75) is 13.0 Å². The molecule has 38 heavy (non-hydrogen) atoms. The predicted molar refractivity (Wildman–Crippen MR) is 144 cm³/mol. The molecule has 0 spiro atoms. The van der Waals surface area contributed by atoms with E-state index in [2.05, 4.69) is 32.2 Å². The van der Waals surface area contributed by atoms with Crippen molar-refractivity contribution in [2.75, 3.05) is 5.73 Å². The lowest BCUT2D eigenvalue weighted by atomic mass is 10.1. The summed E-state index contributed by atoms with van der Waals surface area (Å²) in [4.78, 5) is 26.7. The Balaban J connectivity index is 1.46. The highest BCUT2D eigenvalue weighted by Gasteiger charge is 2.24. The second-order valence-electron chi connectivity index (χ2n) is 8.83. The summed E-state index contributed by atoms with van der Waals surface area (Å²) in [5, 5.41) is 7.24. The number of rotatable bonds is 4. The largest absolute Gasteiger partial charge is 0.383 e. The number of aromatic nitrogens is 7. The Morgan fingerprint density at radius 2 is 1.92 bits per heavy atom. The quantitative estimate of drug-likeness (QED) is 0.358. The van der Waals surface area contributed by atoms with E-state index in [1.807, 2.05) is 73.3 Å². The summed E-state index contributed by atoms with van der Waals surface area (Å²) in [6, 6.07) is 15.2. The Bertz CT molecular complexity index is 1870. The molecule has 0 radical (unpaired) electrons. The molecule has 2 aromatic carbocycles. The molecule has 4 heterocycles. The van der Waals surface area contributed by atoms with Gasteiger partial charge in [-0.15, -0.1) is 0 Å². The molecular formula is C28H23N9O. The van der Waals surface area contributed by atoms with Crippen LogP contribution in [0.3, 0.4) is 0 Å². The molecule has 4 aromatic heterocycles. The number of nitrogen functional groups attached to an aromatic ring is 1. The van der Waals surface area contributed by atoms with E-state index in [0.29, 0.717) is 11.5 Å². The fourth-order valence-corrected chi connectivity index (χ4v) is 4.45. The molecule has 1 atom stereocenters. The molecule has 0 saturated carbocycles. The number of hydrogen-bond acceptors (Lipinski definition) is 6. The van der Waals surface area contributed by atoms with Crippen LogP contribution in [0.25, 0.3) is 22.4 Å². The minimum absolute atomic E-state index is 0.109. The third kappa shape index (κ3) is 4.02. The lowest BCUT2D eigenvalue weighted by Gasteiger charge is -2.17. The van der Waals surface area contributed by atoms with Crippen molar-refractivity contribution < 1.29 is 4.79 Å². The van der Waals surface area contributed by atoms with Gasteiger partial charge in [-0.25, -0.2) is 15.0 Å². The van der Waals surface area contributed by atoms with Gasteiger partial charge in [-0.3, -0.25) is 18.4 Å². The predicted octanol–water partition coefficient (Wildman–Crippen LogP) is 3.27. The first-order valence-electron chi connectivity index (χ1n) is 11.9. The first-order valence-corrected chi connectivity index (χ1v) is 11.9. The fraction of sp³-hybridized carbons (Fsp3) is 0.107. The van der Waals surface area contributed by atoms with E-state index < -0.39 is 6.04 Å². The molecule has 0 bridgehead atoms. The molecule has 3 N–H and O–H groups in total. The molecule has 0 unspecified atom stereocenters. The van der Waals surface area contributed by atoms with Crippen LogP contribution in [0.1, 0.15) is 40.3 Å². The number of amides is 1. The zero-order chi connectivity index (χ0) is 26.2. The van der Waals surface area contributed by atoms with Crippen molar-refractivity contribution in [3.05, 3.63) is 102 Å². The van der Waals surface area contributed by atoms with Crippen molar-refractivity contribution in [1.82, 2.24) is 39.0 Å². The summed E-state index contributed by atoms with van der Waals surface area (Å²) in [5.41, 5.74) is 10.9. The minimum Gasteiger partial charge on any atom is -0.383 e. The highest BCUT2D eigenvalue weighted by Crippen LogP contribution is 2.28. The number of carbonyl (C=O) groups excluding carboxylic acids is 1. The van der Waals surface area contributed by atoms with Gasteiger partial charge in [0.2, 0.25) is 0 Å². The fourth-order valence-electron chi connectivity index (χ4n) is 4.45. The second kappa shape index (κ2) is 9.22. The molecule has 6 aromatic rings. The van der Waals surface area contributed by atoms with Crippen LogP contribution in [0.2, 0.25) is 0 Å². The van der Waals surface area contributed by atoms with Crippen molar-refractivity contribution >= 4 is 28.4 Å². The Kier molecular flexibility index (Phi) is 5.58. The number of benzene rings is 2. The second-order valence-corrected chi connectivity index (χ2v) is 8.83. The molecule has 10 nitrogen and oxygen atoms in total. The van der Waals surface area contributed by atoms with Crippen LogP contribution in [0, 0.1) is 11.8 Å². The van der Waals surface area contributed by atoms with Gasteiger partial charge in [0.15, 0.2) is 5.65 Å². The van der Waals surface area contributed by atoms with Crippen LogP contribution in [0.5, 0.6) is 0 Å². The van der Waals surface area contributed by atoms with Crippen molar-refractivity contribution in [3.63, 3.8) is 0 Å². The van der Waals surface area contributed by atoms with E-state index >= 15 is 0 Å². The highest BCUT2D eigenvalue weighted by molar-refractivity contribution is 6.04. The van der Waals surface area contributed by atoms with Crippen LogP contribution in [-0.2, 0) is 7.05 Å². The third-order valence-corrected chi connectivity index (χ3v) is 6.19. The first-order chi connectivity index (χ1) is 18.5. The number of hydrogen-bond donors (Lipinski definition) is 2. The summed E-state index contributed by atoms with van der Waals surface area (Å²) in [6.07, 6.45) is 8.43. The molecule has 0 saturated heterocycles. The number of carbonyl (C=O) groups is 1. The standard InChI is InChI=1S/C28H23N9O/c1-18(33-28(38)23-25(29)31-17-36-14-13-30-27(23)36)26-34-22-10-6-7-20(12-11-19-15-32-35(2)16-19)24(22)37(26)21-8-4-3-5-9-21/h3-10,13-18H,29H2,1-2H3,(H,33,38)/t18-/m1/s1. The van der Waals surface area contributed by atoms with Gasteiger partial charge < -0.3 is 11.1 Å². The van der Waals surface area contributed by atoms with E-state index in [0.717, 1.165) is 27.8 Å². The van der Waals surface area contributed by atoms with Crippen molar-refractivity contribution in [3.8, 4) is 17.5 Å². The molecule has 0 aliphatic heterocycles. The van der Waals surface area contributed by atoms with Gasteiger partial charge in [0.1, 0.15) is 23.5 Å². The van der Waals surface area contributed by atoms with Crippen molar-refractivity contribution in [2.24, 2.45) is 7.05 Å². The molecule has 0 aliphatic rings. The molecule has 10 heteroatoms. The number of nitrogens with zero attached hydrogens (tertiary/aromatic N) is 7. The number of nitrogens with one attached hydrogen (secondary N) is 1. The molecule has 0 fully saturated rings. The summed E-state index contributed by atoms with van der Waals surface area (Å²) in [7, 11) is 1.86. The van der Waals surface area contributed by atoms with Gasteiger partial charge in [0, 0.05) is 31.3 Å². The van der Waals surface area contributed by atoms with Crippen LogP contribution in [0.15, 0.2) is 79.6 Å². The maximum Gasteiger partial charge on any atom is 0.259 e. The van der Waals surface area contributed by atoms with Gasteiger partial charge in [0.25, 0.3) is 5.91 Å². The zero-order valence-corrected chi connectivity index (χ0v) is 20.7. The maximum atomic E-state index is 13.4. The summed E-state index contributed by atoms with van der Waals surface area (Å²) < 4.78 is 5.40. The monoisotopic (exact) mass is 501 g/mol. The topological polar surface area (TPSA) is 121 Å². The molecule has 186 valence electrons.